The maximum absolute atomic E-state index is 9.40. The van der Waals surface area contributed by atoms with Gasteiger partial charge in [-0.05, 0) is 48.0 Å². The standard InChI is InChI=1S/C16H13NO2.ClH/c17-13-4-1-11(2-5-13)3-7-15-10-12-9-14(18)6-8-16(12)19-15;/h1-10,18H,17H2;1H/b7-3+;. The maximum atomic E-state index is 9.40. The molecule has 0 spiro atoms. The highest BCUT2D eigenvalue weighted by Crippen LogP contribution is 2.24. The first kappa shape index (κ1) is 14.0. The second kappa shape index (κ2) is 5.72. The summed E-state index contributed by atoms with van der Waals surface area (Å²) >= 11 is 0. The molecule has 3 rings (SSSR count). The molecule has 0 aliphatic carbocycles. The summed E-state index contributed by atoms with van der Waals surface area (Å²) in [6.07, 6.45) is 3.85. The minimum absolute atomic E-state index is 0. The molecular weight excluding hydrogens is 274 g/mol. The number of nitrogen functional groups attached to an aromatic ring is 1. The van der Waals surface area contributed by atoms with Crippen molar-refractivity contribution < 1.29 is 9.52 Å². The van der Waals surface area contributed by atoms with E-state index in [1.54, 1.807) is 18.2 Å². The molecule has 4 heteroatoms. The normalized spacial score (nSPS) is 10.8. The molecule has 102 valence electrons. The Morgan fingerprint density at radius 2 is 1.70 bits per heavy atom. The Hall–Kier alpha value is -2.39. The lowest BCUT2D eigenvalue weighted by atomic mass is 10.2. The van der Waals surface area contributed by atoms with Crippen molar-refractivity contribution in [2.45, 2.75) is 0 Å². The highest BCUT2D eigenvalue weighted by molar-refractivity contribution is 5.85. The van der Waals surface area contributed by atoms with E-state index in [2.05, 4.69) is 0 Å². The van der Waals surface area contributed by atoms with Gasteiger partial charge in [-0.2, -0.15) is 0 Å². The molecule has 0 saturated heterocycles. The molecule has 0 bridgehead atoms. The molecule has 3 N–H and O–H groups in total. The van der Waals surface area contributed by atoms with Gasteiger partial charge in [-0.25, -0.2) is 0 Å². The average Bonchev–Trinajstić information content (AvgIpc) is 2.80. The topological polar surface area (TPSA) is 59.4 Å². The van der Waals surface area contributed by atoms with E-state index >= 15 is 0 Å². The van der Waals surface area contributed by atoms with Crippen LogP contribution in [0.1, 0.15) is 11.3 Å². The van der Waals surface area contributed by atoms with Crippen molar-refractivity contribution in [3.63, 3.8) is 0 Å². The first-order valence-corrected chi connectivity index (χ1v) is 5.97. The molecule has 0 radical (unpaired) electrons. The quantitative estimate of drug-likeness (QED) is 0.690. The molecule has 0 unspecified atom stereocenters. The van der Waals surface area contributed by atoms with Gasteiger partial charge in [0, 0.05) is 11.1 Å². The van der Waals surface area contributed by atoms with E-state index in [-0.39, 0.29) is 18.2 Å². The van der Waals surface area contributed by atoms with Gasteiger partial charge in [0.05, 0.1) is 0 Å². The first-order valence-electron chi connectivity index (χ1n) is 5.97. The smallest absolute Gasteiger partial charge is 0.135 e. The van der Waals surface area contributed by atoms with Gasteiger partial charge in [-0.1, -0.05) is 18.2 Å². The van der Waals surface area contributed by atoms with Crippen LogP contribution in [-0.2, 0) is 0 Å². The fourth-order valence-electron chi connectivity index (χ4n) is 1.92. The predicted octanol–water partition coefficient (Wildman–Crippen LogP) is 4.31. The molecule has 3 nitrogen and oxygen atoms in total. The van der Waals surface area contributed by atoms with Crippen molar-refractivity contribution in [3.8, 4) is 5.75 Å². The van der Waals surface area contributed by atoms with Gasteiger partial charge < -0.3 is 15.3 Å². The number of hydrogen-bond donors (Lipinski definition) is 2. The van der Waals surface area contributed by atoms with Crippen LogP contribution in [0.25, 0.3) is 23.1 Å². The average molecular weight is 288 g/mol. The lowest BCUT2D eigenvalue weighted by Crippen LogP contribution is -1.82. The molecule has 0 saturated carbocycles. The van der Waals surface area contributed by atoms with Gasteiger partial charge in [0.15, 0.2) is 0 Å². The Bertz CT molecular complexity index is 745. The van der Waals surface area contributed by atoms with Crippen LogP contribution in [0.4, 0.5) is 5.69 Å². The molecule has 0 aliphatic rings. The van der Waals surface area contributed by atoms with Crippen LogP contribution < -0.4 is 5.73 Å². The predicted molar refractivity (Wildman–Crippen MR) is 84.9 cm³/mol. The van der Waals surface area contributed by atoms with Crippen LogP contribution in [0.5, 0.6) is 5.75 Å². The van der Waals surface area contributed by atoms with Crippen LogP contribution in [0.15, 0.2) is 52.9 Å². The van der Waals surface area contributed by atoms with Gasteiger partial charge in [-0.15, -0.1) is 12.4 Å². The summed E-state index contributed by atoms with van der Waals surface area (Å²) in [5.41, 5.74) is 8.19. The Morgan fingerprint density at radius 1 is 0.950 bits per heavy atom. The third-order valence-electron chi connectivity index (χ3n) is 2.90. The SMILES string of the molecule is Cl.Nc1ccc(/C=C/c2cc3cc(O)ccc3o2)cc1. The fraction of sp³-hybridized carbons (Fsp3) is 0. The second-order valence-electron chi connectivity index (χ2n) is 4.37. The number of halogens is 1. The van der Waals surface area contributed by atoms with Gasteiger partial charge >= 0.3 is 0 Å². The summed E-state index contributed by atoms with van der Waals surface area (Å²) in [6.45, 7) is 0. The zero-order chi connectivity index (χ0) is 13.2. The van der Waals surface area contributed by atoms with Crippen LogP contribution in [0, 0.1) is 0 Å². The summed E-state index contributed by atoms with van der Waals surface area (Å²) in [7, 11) is 0. The van der Waals surface area contributed by atoms with Crippen molar-refractivity contribution in [3.05, 3.63) is 59.9 Å². The summed E-state index contributed by atoms with van der Waals surface area (Å²) in [5, 5.41) is 10.3. The van der Waals surface area contributed by atoms with E-state index in [0.717, 1.165) is 28.0 Å². The highest BCUT2D eigenvalue weighted by Gasteiger charge is 2.01. The van der Waals surface area contributed by atoms with Crippen molar-refractivity contribution in [2.75, 3.05) is 5.73 Å². The van der Waals surface area contributed by atoms with Gasteiger partial charge in [0.1, 0.15) is 17.1 Å². The van der Waals surface area contributed by atoms with E-state index in [9.17, 15) is 5.11 Å². The van der Waals surface area contributed by atoms with Crippen LogP contribution in [-0.4, -0.2) is 5.11 Å². The summed E-state index contributed by atoms with van der Waals surface area (Å²) in [4.78, 5) is 0. The number of nitrogens with two attached hydrogens (primary N) is 1. The fourth-order valence-corrected chi connectivity index (χ4v) is 1.92. The van der Waals surface area contributed by atoms with E-state index in [0.29, 0.717) is 0 Å². The molecule has 0 atom stereocenters. The number of benzene rings is 2. The number of fused-ring (bicyclic) bond motifs is 1. The Morgan fingerprint density at radius 3 is 2.45 bits per heavy atom. The minimum Gasteiger partial charge on any atom is -0.508 e. The molecule has 3 aromatic rings. The molecule has 1 heterocycles. The zero-order valence-electron chi connectivity index (χ0n) is 10.6. The maximum Gasteiger partial charge on any atom is 0.135 e. The molecule has 0 fully saturated rings. The summed E-state index contributed by atoms with van der Waals surface area (Å²) in [5.74, 6) is 0.986. The molecule has 0 amide bonds. The number of rotatable bonds is 2. The Balaban J connectivity index is 0.00000147. The van der Waals surface area contributed by atoms with Gasteiger partial charge in [0.25, 0.3) is 0 Å². The van der Waals surface area contributed by atoms with Crippen molar-refractivity contribution in [2.24, 2.45) is 0 Å². The second-order valence-corrected chi connectivity index (χ2v) is 4.37. The van der Waals surface area contributed by atoms with Crippen molar-refractivity contribution in [1.29, 1.82) is 0 Å². The van der Waals surface area contributed by atoms with Crippen molar-refractivity contribution >= 4 is 41.2 Å². The van der Waals surface area contributed by atoms with Gasteiger partial charge in [0.2, 0.25) is 0 Å². The van der Waals surface area contributed by atoms with E-state index in [4.69, 9.17) is 10.2 Å². The molecule has 0 aliphatic heterocycles. The third kappa shape index (κ3) is 2.95. The van der Waals surface area contributed by atoms with Crippen LogP contribution in [0.3, 0.4) is 0 Å². The molecule has 2 aromatic carbocycles. The zero-order valence-corrected chi connectivity index (χ0v) is 11.4. The van der Waals surface area contributed by atoms with Crippen molar-refractivity contribution in [1.82, 2.24) is 0 Å². The van der Waals surface area contributed by atoms with Crippen LogP contribution >= 0.6 is 12.4 Å². The lowest BCUT2D eigenvalue weighted by Gasteiger charge is -1.93. The lowest BCUT2D eigenvalue weighted by molar-refractivity contribution is 0.476. The minimum atomic E-state index is 0. The molecule has 20 heavy (non-hydrogen) atoms. The summed E-state index contributed by atoms with van der Waals surface area (Å²) < 4.78 is 5.65. The number of aromatic hydroxyl groups is 1. The van der Waals surface area contributed by atoms with Gasteiger partial charge in [-0.3, -0.25) is 0 Å². The highest BCUT2D eigenvalue weighted by atomic mass is 35.5. The van der Waals surface area contributed by atoms with E-state index in [1.807, 2.05) is 42.5 Å². The monoisotopic (exact) mass is 287 g/mol. The number of anilines is 1. The number of hydrogen-bond acceptors (Lipinski definition) is 3. The molecular formula is C16H14ClNO2. The first-order chi connectivity index (χ1) is 9.20. The number of phenolic OH excluding ortho intramolecular Hbond substituents is 1. The Kier molecular flexibility index (Phi) is 4.01. The summed E-state index contributed by atoms with van der Waals surface area (Å²) in [6, 6.07) is 14.5. The third-order valence-corrected chi connectivity index (χ3v) is 2.90. The largest absolute Gasteiger partial charge is 0.508 e. The number of furan rings is 1. The molecule has 1 aromatic heterocycles. The Labute approximate surface area is 122 Å². The number of phenols is 1. The van der Waals surface area contributed by atoms with E-state index < -0.39 is 0 Å². The van der Waals surface area contributed by atoms with Crippen LogP contribution in [0.2, 0.25) is 0 Å². The van der Waals surface area contributed by atoms with E-state index in [1.165, 1.54) is 0 Å².